The van der Waals surface area contributed by atoms with Crippen LogP contribution < -0.4 is 11.1 Å². The van der Waals surface area contributed by atoms with Crippen molar-refractivity contribution in [1.29, 1.82) is 0 Å². The minimum absolute atomic E-state index is 0.580. The molecule has 1 aromatic rings. The van der Waals surface area contributed by atoms with Crippen LogP contribution in [-0.4, -0.2) is 29.1 Å². The van der Waals surface area contributed by atoms with E-state index in [1.807, 2.05) is 12.1 Å². The Hall–Kier alpha value is -1.22. The van der Waals surface area contributed by atoms with Crippen LogP contribution in [0.15, 0.2) is 24.3 Å². The zero-order valence-corrected chi connectivity index (χ0v) is 16.9. The van der Waals surface area contributed by atoms with E-state index in [2.05, 4.69) is 29.3 Å². The molecule has 3 N–H and O–H groups in total. The molecule has 4 unspecified atom stereocenters. The van der Waals surface area contributed by atoms with Crippen LogP contribution in [0.5, 0.6) is 0 Å². The largest absolute Gasteiger partial charge is 0.397 e. The molecule has 2 aliphatic heterocycles. The van der Waals surface area contributed by atoms with Crippen molar-refractivity contribution in [2.45, 2.75) is 95.3 Å². The monoisotopic (exact) mass is 367 g/mol. The van der Waals surface area contributed by atoms with Crippen molar-refractivity contribution in [3.63, 3.8) is 0 Å². The number of para-hydroxylation sites is 2. The van der Waals surface area contributed by atoms with Crippen LogP contribution in [0, 0.1) is 17.8 Å². The van der Waals surface area contributed by atoms with E-state index in [-0.39, 0.29) is 0 Å². The Labute approximate surface area is 165 Å². The van der Waals surface area contributed by atoms with Gasteiger partial charge in [-0.25, -0.2) is 0 Å². The summed E-state index contributed by atoms with van der Waals surface area (Å²) in [6.45, 7) is 2.48. The van der Waals surface area contributed by atoms with Crippen molar-refractivity contribution in [1.82, 2.24) is 4.90 Å². The molecule has 27 heavy (non-hydrogen) atoms. The van der Waals surface area contributed by atoms with Crippen molar-refractivity contribution in [3.8, 4) is 0 Å². The maximum atomic E-state index is 6.20. The molecule has 0 amide bonds. The third-order valence-corrected chi connectivity index (χ3v) is 8.15. The van der Waals surface area contributed by atoms with Gasteiger partial charge in [0.1, 0.15) is 0 Å². The second kappa shape index (κ2) is 7.31. The van der Waals surface area contributed by atoms with Crippen LogP contribution in [0.4, 0.5) is 11.4 Å². The summed E-state index contributed by atoms with van der Waals surface area (Å²) in [5, 5.41) is 3.80. The predicted molar refractivity (Wildman–Crippen MR) is 114 cm³/mol. The highest BCUT2D eigenvalue weighted by Crippen LogP contribution is 2.47. The fourth-order valence-electron chi connectivity index (χ4n) is 7.26. The van der Waals surface area contributed by atoms with Gasteiger partial charge in [0.15, 0.2) is 0 Å². The lowest BCUT2D eigenvalue weighted by molar-refractivity contribution is -0.0515. The number of nitrogens with one attached hydrogen (secondary N) is 1. The number of nitrogens with two attached hydrogens (primary N) is 1. The quantitative estimate of drug-likeness (QED) is 0.714. The van der Waals surface area contributed by atoms with Gasteiger partial charge in [-0.2, -0.15) is 0 Å². The van der Waals surface area contributed by atoms with E-state index in [1.54, 1.807) is 0 Å². The second-order valence-electron chi connectivity index (χ2n) is 10.3. The highest BCUT2D eigenvalue weighted by Gasteiger charge is 2.46. The SMILES string of the molecule is CC1C[C@@H]2CC(Nc3ccccc3N)C[C@H](C1)N2C1CC2CCCC(C2)C1. The van der Waals surface area contributed by atoms with Crippen molar-refractivity contribution >= 4 is 11.4 Å². The number of nitrogens with zero attached hydrogens (tertiary/aromatic N) is 1. The average molecular weight is 368 g/mol. The molecule has 3 heteroatoms. The highest BCUT2D eigenvalue weighted by molar-refractivity contribution is 5.66. The van der Waals surface area contributed by atoms with E-state index in [4.69, 9.17) is 5.73 Å². The number of rotatable bonds is 3. The normalized spacial score (nSPS) is 41.9. The summed E-state index contributed by atoms with van der Waals surface area (Å²) < 4.78 is 0. The van der Waals surface area contributed by atoms with Crippen LogP contribution in [0.25, 0.3) is 0 Å². The standard InChI is InChI=1S/C24H37N3/c1-16-9-20-14-19(26-24-8-3-2-7-23(24)25)15-21(10-16)27(20)22-12-17-5-4-6-18(11-17)13-22/h2-3,7-8,16-22,26H,4-6,9-15,25H2,1H3/t16?,17?,18?,19?,20-,21+,22?. The number of anilines is 2. The van der Waals surface area contributed by atoms with Crippen LogP contribution in [0.1, 0.15) is 71.1 Å². The van der Waals surface area contributed by atoms with Gasteiger partial charge in [-0.1, -0.05) is 38.3 Å². The third-order valence-electron chi connectivity index (χ3n) is 8.15. The number of hydrogen-bond donors (Lipinski definition) is 2. The molecule has 4 aliphatic rings. The first-order valence-electron chi connectivity index (χ1n) is 11.5. The van der Waals surface area contributed by atoms with Gasteiger partial charge < -0.3 is 11.1 Å². The summed E-state index contributed by atoms with van der Waals surface area (Å²) in [6.07, 6.45) is 14.4. The molecular weight excluding hydrogens is 330 g/mol. The molecule has 2 heterocycles. The van der Waals surface area contributed by atoms with E-state index in [0.717, 1.165) is 47.3 Å². The molecule has 2 saturated carbocycles. The van der Waals surface area contributed by atoms with Gasteiger partial charge in [0.2, 0.25) is 0 Å². The van der Waals surface area contributed by atoms with Gasteiger partial charge in [0.05, 0.1) is 11.4 Å². The third kappa shape index (κ3) is 3.60. The van der Waals surface area contributed by atoms with Gasteiger partial charge in [0.25, 0.3) is 0 Å². The molecular formula is C24H37N3. The summed E-state index contributed by atoms with van der Waals surface area (Å²) in [5.41, 5.74) is 8.22. The van der Waals surface area contributed by atoms with Crippen LogP contribution in [-0.2, 0) is 0 Å². The van der Waals surface area contributed by atoms with E-state index >= 15 is 0 Å². The van der Waals surface area contributed by atoms with Crippen LogP contribution >= 0.6 is 0 Å². The average Bonchev–Trinajstić information content (AvgIpc) is 2.62. The summed E-state index contributed by atoms with van der Waals surface area (Å²) in [7, 11) is 0. The Balaban J connectivity index is 1.31. The first-order chi connectivity index (χ1) is 13.2. The molecule has 0 spiro atoms. The zero-order valence-electron chi connectivity index (χ0n) is 16.9. The maximum absolute atomic E-state index is 6.20. The van der Waals surface area contributed by atoms with Crippen LogP contribution in [0.3, 0.4) is 0 Å². The van der Waals surface area contributed by atoms with Gasteiger partial charge in [0, 0.05) is 24.2 Å². The molecule has 6 atom stereocenters. The highest BCUT2D eigenvalue weighted by atomic mass is 15.2. The fourth-order valence-corrected chi connectivity index (χ4v) is 7.26. The predicted octanol–water partition coefficient (Wildman–Crippen LogP) is 5.28. The Morgan fingerprint density at radius 2 is 1.48 bits per heavy atom. The molecule has 4 fully saturated rings. The molecule has 0 radical (unpaired) electrons. The lowest BCUT2D eigenvalue weighted by Crippen LogP contribution is -2.61. The molecule has 148 valence electrons. The number of hydrogen-bond acceptors (Lipinski definition) is 3. The van der Waals surface area contributed by atoms with Gasteiger partial charge in [-0.05, 0) is 74.8 Å². The van der Waals surface area contributed by atoms with E-state index in [0.29, 0.717) is 6.04 Å². The molecule has 5 rings (SSSR count). The first kappa shape index (κ1) is 17.8. The molecule has 2 aliphatic carbocycles. The van der Waals surface area contributed by atoms with Gasteiger partial charge >= 0.3 is 0 Å². The fraction of sp³-hybridized carbons (Fsp3) is 0.750. The molecule has 3 nitrogen and oxygen atoms in total. The summed E-state index contributed by atoms with van der Waals surface area (Å²) in [4.78, 5) is 3.04. The van der Waals surface area contributed by atoms with E-state index < -0.39 is 0 Å². The first-order valence-corrected chi connectivity index (χ1v) is 11.5. The molecule has 1 aromatic carbocycles. The Morgan fingerprint density at radius 3 is 2.15 bits per heavy atom. The number of nitrogen functional groups attached to an aromatic ring is 1. The molecule has 2 saturated heterocycles. The number of fused-ring (bicyclic) bond motifs is 4. The number of benzene rings is 1. The van der Waals surface area contributed by atoms with Crippen molar-refractivity contribution < 1.29 is 0 Å². The van der Waals surface area contributed by atoms with Crippen molar-refractivity contribution in [3.05, 3.63) is 24.3 Å². The summed E-state index contributed by atoms with van der Waals surface area (Å²) in [6, 6.07) is 11.3. The van der Waals surface area contributed by atoms with Gasteiger partial charge in [-0.15, -0.1) is 0 Å². The lowest BCUT2D eigenvalue weighted by atomic mass is 9.67. The number of piperidine rings is 2. The van der Waals surface area contributed by atoms with E-state index in [9.17, 15) is 0 Å². The Morgan fingerprint density at radius 1 is 0.852 bits per heavy atom. The Kier molecular flexibility index (Phi) is 4.83. The minimum atomic E-state index is 0.580. The second-order valence-corrected chi connectivity index (χ2v) is 10.3. The smallest absolute Gasteiger partial charge is 0.0576 e. The van der Waals surface area contributed by atoms with Crippen molar-refractivity contribution in [2.75, 3.05) is 11.1 Å². The van der Waals surface area contributed by atoms with Crippen molar-refractivity contribution in [2.24, 2.45) is 17.8 Å². The molecule has 4 bridgehead atoms. The minimum Gasteiger partial charge on any atom is -0.397 e. The van der Waals surface area contributed by atoms with Crippen LogP contribution in [0.2, 0.25) is 0 Å². The van der Waals surface area contributed by atoms with E-state index in [1.165, 1.54) is 64.2 Å². The zero-order chi connectivity index (χ0) is 18.4. The maximum Gasteiger partial charge on any atom is 0.0576 e. The Bertz CT molecular complexity index is 631. The summed E-state index contributed by atoms with van der Waals surface area (Å²) >= 11 is 0. The lowest BCUT2D eigenvalue weighted by Gasteiger charge is -2.56. The molecule has 0 aromatic heterocycles. The summed E-state index contributed by atoms with van der Waals surface area (Å²) in [5.74, 6) is 2.95. The van der Waals surface area contributed by atoms with Gasteiger partial charge in [-0.3, -0.25) is 4.90 Å². The topological polar surface area (TPSA) is 41.3 Å².